The number of amides is 1. The molecule has 0 spiro atoms. The lowest BCUT2D eigenvalue weighted by atomic mass is 10.1. The van der Waals surface area contributed by atoms with E-state index in [4.69, 9.17) is 9.47 Å². The van der Waals surface area contributed by atoms with Gasteiger partial charge in [-0.2, -0.15) is 0 Å². The number of thioether (sulfide) groups is 1. The van der Waals surface area contributed by atoms with E-state index in [9.17, 15) is 4.79 Å². The van der Waals surface area contributed by atoms with Crippen LogP contribution in [0.2, 0.25) is 0 Å². The van der Waals surface area contributed by atoms with Gasteiger partial charge in [0.2, 0.25) is 5.91 Å². The van der Waals surface area contributed by atoms with Gasteiger partial charge in [-0.25, -0.2) is 0 Å². The van der Waals surface area contributed by atoms with Crippen molar-refractivity contribution in [1.82, 2.24) is 14.8 Å². The van der Waals surface area contributed by atoms with E-state index in [-0.39, 0.29) is 17.8 Å². The molecule has 0 aliphatic heterocycles. The van der Waals surface area contributed by atoms with E-state index < -0.39 is 0 Å². The molecular weight excluding hydrogens is 436 g/mol. The molecule has 3 rings (SSSR count). The van der Waals surface area contributed by atoms with E-state index >= 15 is 0 Å². The molecule has 0 radical (unpaired) electrons. The summed E-state index contributed by atoms with van der Waals surface area (Å²) in [6.45, 7) is 12.9. The number of benzene rings is 2. The van der Waals surface area contributed by atoms with E-state index in [0.717, 1.165) is 22.6 Å². The molecular formula is C25H30N4O3S. The second-order valence-electron chi connectivity index (χ2n) is 7.62. The maximum atomic E-state index is 12.4. The normalized spacial score (nSPS) is 11.6. The van der Waals surface area contributed by atoms with Crippen molar-refractivity contribution in [2.45, 2.75) is 45.5 Å². The standard InChI is InChI=1S/C25H30N4O3S/c1-6-12-29-24(19(5)32-22-14-17(3)13-18(4)15-22)27-28-25(29)33-16-23(30)26-20-8-10-21(11-9-20)31-7-2/h6,8-11,13-15,19H,1,7,12,16H2,2-5H3,(H,26,30). The summed E-state index contributed by atoms with van der Waals surface area (Å²) in [5.74, 6) is 2.32. The second kappa shape index (κ2) is 11.6. The predicted octanol–water partition coefficient (Wildman–Crippen LogP) is 5.35. The molecule has 0 fully saturated rings. The first-order valence-electron chi connectivity index (χ1n) is 10.8. The van der Waals surface area contributed by atoms with E-state index in [2.05, 4.69) is 28.2 Å². The zero-order valence-corrected chi connectivity index (χ0v) is 20.3. The lowest BCUT2D eigenvalue weighted by Crippen LogP contribution is -2.15. The minimum absolute atomic E-state index is 0.126. The molecule has 0 saturated carbocycles. The van der Waals surface area contributed by atoms with Gasteiger partial charge in [-0.05, 0) is 75.2 Å². The van der Waals surface area contributed by atoms with Crippen LogP contribution in [-0.4, -0.2) is 33.0 Å². The summed E-state index contributed by atoms with van der Waals surface area (Å²) in [5.41, 5.74) is 2.99. The van der Waals surface area contributed by atoms with Crippen LogP contribution in [0.25, 0.3) is 0 Å². The van der Waals surface area contributed by atoms with Crippen molar-refractivity contribution in [2.24, 2.45) is 0 Å². The third-order valence-corrected chi connectivity index (χ3v) is 5.68. The quantitative estimate of drug-likeness (QED) is 0.303. The Morgan fingerprint density at radius 3 is 2.48 bits per heavy atom. The number of allylic oxidation sites excluding steroid dienone is 1. The van der Waals surface area contributed by atoms with Gasteiger partial charge >= 0.3 is 0 Å². The van der Waals surface area contributed by atoms with Gasteiger partial charge in [0.05, 0.1) is 12.4 Å². The molecule has 7 nitrogen and oxygen atoms in total. The third-order valence-electron chi connectivity index (χ3n) is 4.71. The Morgan fingerprint density at radius 2 is 1.85 bits per heavy atom. The fraction of sp³-hybridized carbons (Fsp3) is 0.320. The van der Waals surface area contributed by atoms with Gasteiger partial charge < -0.3 is 14.8 Å². The van der Waals surface area contributed by atoms with Crippen molar-refractivity contribution in [3.05, 3.63) is 72.1 Å². The number of nitrogens with zero attached hydrogens (tertiary/aromatic N) is 3. The van der Waals surface area contributed by atoms with Crippen LogP contribution in [0.5, 0.6) is 11.5 Å². The zero-order valence-electron chi connectivity index (χ0n) is 19.5. The number of hydrogen-bond donors (Lipinski definition) is 1. The van der Waals surface area contributed by atoms with Crippen LogP contribution < -0.4 is 14.8 Å². The fourth-order valence-corrected chi connectivity index (χ4v) is 4.15. The van der Waals surface area contributed by atoms with Gasteiger partial charge in [0, 0.05) is 12.2 Å². The lowest BCUT2D eigenvalue weighted by molar-refractivity contribution is -0.113. The Bertz CT molecular complexity index is 1080. The van der Waals surface area contributed by atoms with Gasteiger partial charge in [0.25, 0.3) is 0 Å². The zero-order chi connectivity index (χ0) is 23.8. The van der Waals surface area contributed by atoms with Crippen molar-refractivity contribution >= 4 is 23.4 Å². The molecule has 174 valence electrons. The van der Waals surface area contributed by atoms with Crippen LogP contribution in [0.15, 0.2) is 60.3 Å². The molecule has 3 aromatic rings. The number of aromatic nitrogens is 3. The molecule has 1 heterocycles. The highest BCUT2D eigenvalue weighted by atomic mass is 32.2. The summed E-state index contributed by atoms with van der Waals surface area (Å²) in [7, 11) is 0. The maximum absolute atomic E-state index is 12.4. The van der Waals surface area contributed by atoms with Crippen LogP contribution in [0.1, 0.15) is 36.9 Å². The molecule has 1 unspecified atom stereocenters. The van der Waals surface area contributed by atoms with Gasteiger partial charge in [-0.3, -0.25) is 9.36 Å². The lowest BCUT2D eigenvalue weighted by Gasteiger charge is -2.16. The van der Waals surface area contributed by atoms with Crippen molar-refractivity contribution in [2.75, 3.05) is 17.7 Å². The van der Waals surface area contributed by atoms with E-state index in [1.54, 1.807) is 6.08 Å². The van der Waals surface area contributed by atoms with Crippen molar-refractivity contribution in [1.29, 1.82) is 0 Å². The summed E-state index contributed by atoms with van der Waals surface area (Å²) in [6, 6.07) is 13.4. The number of carbonyl (C=O) groups is 1. The monoisotopic (exact) mass is 466 g/mol. The number of hydrogen-bond acceptors (Lipinski definition) is 6. The van der Waals surface area contributed by atoms with Crippen LogP contribution in [-0.2, 0) is 11.3 Å². The Hall–Kier alpha value is -3.26. The Morgan fingerprint density at radius 1 is 1.15 bits per heavy atom. The van der Waals surface area contributed by atoms with Crippen molar-refractivity contribution < 1.29 is 14.3 Å². The fourth-order valence-electron chi connectivity index (χ4n) is 3.39. The number of rotatable bonds is 11. The summed E-state index contributed by atoms with van der Waals surface area (Å²) in [5, 5.41) is 12.2. The molecule has 0 aliphatic rings. The average Bonchev–Trinajstić information content (AvgIpc) is 3.16. The summed E-state index contributed by atoms with van der Waals surface area (Å²) < 4.78 is 13.5. The van der Waals surface area contributed by atoms with Gasteiger partial charge in [0.15, 0.2) is 17.1 Å². The minimum Gasteiger partial charge on any atom is -0.494 e. The topological polar surface area (TPSA) is 78.3 Å². The van der Waals surface area contributed by atoms with E-state index in [1.165, 1.54) is 11.8 Å². The molecule has 1 atom stereocenters. The van der Waals surface area contributed by atoms with Crippen molar-refractivity contribution in [3.63, 3.8) is 0 Å². The Labute approximate surface area is 199 Å². The Kier molecular flexibility index (Phi) is 8.54. The summed E-state index contributed by atoms with van der Waals surface area (Å²) >= 11 is 1.32. The van der Waals surface area contributed by atoms with E-state index in [0.29, 0.717) is 29.8 Å². The van der Waals surface area contributed by atoms with Crippen LogP contribution >= 0.6 is 11.8 Å². The highest BCUT2D eigenvalue weighted by molar-refractivity contribution is 7.99. The van der Waals surface area contributed by atoms with Gasteiger partial charge in [-0.15, -0.1) is 16.8 Å². The van der Waals surface area contributed by atoms with Crippen molar-refractivity contribution in [3.8, 4) is 11.5 Å². The molecule has 0 bridgehead atoms. The number of aryl methyl sites for hydroxylation is 2. The van der Waals surface area contributed by atoms with Crippen LogP contribution in [0, 0.1) is 13.8 Å². The molecule has 33 heavy (non-hydrogen) atoms. The van der Waals surface area contributed by atoms with Gasteiger partial charge in [-0.1, -0.05) is 23.9 Å². The van der Waals surface area contributed by atoms with Crippen LogP contribution in [0.4, 0.5) is 5.69 Å². The molecule has 0 saturated heterocycles. The number of carbonyl (C=O) groups excluding carboxylic acids is 1. The molecule has 1 N–H and O–H groups in total. The second-order valence-corrected chi connectivity index (χ2v) is 8.56. The molecule has 8 heteroatoms. The number of nitrogens with one attached hydrogen (secondary N) is 1. The SMILES string of the molecule is C=CCn1c(SCC(=O)Nc2ccc(OCC)cc2)nnc1C(C)Oc1cc(C)cc(C)c1. The molecule has 0 aliphatic carbocycles. The number of ether oxygens (including phenoxy) is 2. The Balaban J connectivity index is 1.64. The smallest absolute Gasteiger partial charge is 0.234 e. The number of anilines is 1. The first-order valence-corrected chi connectivity index (χ1v) is 11.8. The summed E-state index contributed by atoms with van der Waals surface area (Å²) in [6.07, 6.45) is 1.46. The predicted molar refractivity (Wildman–Crippen MR) is 132 cm³/mol. The van der Waals surface area contributed by atoms with Crippen LogP contribution in [0.3, 0.4) is 0 Å². The highest BCUT2D eigenvalue weighted by Crippen LogP contribution is 2.26. The first-order chi connectivity index (χ1) is 15.9. The maximum Gasteiger partial charge on any atom is 0.234 e. The minimum atomic E-state index is -0.314. The third kappa shape index (κ3) is 6.86. The largest absolute Gasteiger partial charge is 0.494 e. The van der Waals surface area contributed by atoms with Gasteiger partial charge in [0.1, 0.15) is 11.5 Å². The molecule has 2 aromatic carbocycles. The van der Waals surface area contributed by atoms with E-state index in [1.807, 2.05) is 68.7 Å². The summed E-state index contributed by atoms with van der Waals surface area (Å²) in [4.78, 5) is 12.4. The average molecular weight is 467 g/mol. The highest BCUT2D eigenvalue weighted by Gasteiger charge is 2.20. The molecule has 1 amide bonds. The molecule has 1 aromatic heterocycles. The first kappa shape index (κ1) is 24.4.